The first-order valence-electron chi connectivity index (χ1n) is 12.6. The van der Waals surface area contributed by atoms with Crippen LogP contribution >= 0.6 is 11.3 Å². The van der Waals surface area contributed by atoms with Crippen molar-refractivity contribution in [1.82, 2.24) is 15.3 Å². The quantitative estimate of drug-likeness (QED) is 0.151. The molecule has 9 nitrogen and oxygen atoms in total. The molecule has 0 spiro atoms. The van der Waals surface area contributed by atoms with Gasteiger partial charge in [-0.2, -0.15) is 31.3 Å². The third kappa shape index (κ3) is 8.89. The van der Waals surface area contributed by atoms with E-state index in [0.717, 1.165) is 34.7 Å². The summed E-state index contributed by atoms with van der Waals surface area (Å²) in [5, 5.41) is 22.6. The molecule has 4 N–H and O–H groups in total. The Balaban J connectivity index is 0.000000676. The second kappa shape index (κ2) is 13.7. The minimum atomic E-state index is -5.08. The molecular formula is C28H24F6N4O5S. The van der Waals surface area contributed by atoms with Gasteiger partial charge in [0.25, 0.3) is 5.91 Å². The molecule has 2 aromatic carbocycles. The lowest BCUT2D eigenvalue weighted by Crippen LogP contribution is -2.45. The van der Waals surface area contributed by atoms with Crippen molar-refractivity contribution in [3.8, 4) is 11.1 Å². The van der Waals surface area contributed by atoms with E-state index in [0.29, 0.717) is 27.5 Å². The number of anilines is 2. The number of benzene rings is 2. The molecule has 1 amide bonds. The molecule has 16 heteroatoms. The van der Waals surface area contributed by atoms with Crippen molar-refractivity contribution in [2.24, 2.45) is 5.92 Å². The van der Waals surface area contributed by atoms with E-state index >= 15 is 0 Å². The number of pyridine rings is 1. The number of carbonyl (C=O) groups is 3. The lowest BCUT2D eigenvalue weighted by Gasteiger charge is -2.20. The van der Waals surface area contributed by atoms with Crippen molar-refractivity contribution in [3.63, 3.8) is 0 Å². The number of carboxylic acid groups (broad SMARTS) is 2. The van der Waals surface area contributed by atoms with Gasteiger partial charge in [-0.15, -0.1) is 0 Å². The Hall–Kier alpha value is -4.73. The van der Waals surface area contributed by atoms with Gasteiger partial charge >= 0.3 is 24.3 Å². The van der Waals surface area contributed by atoms with Crippen LogP contribution in [0.4, 0.5) is 37.2 Å². The maximum absolute atomic E-state index is 12.9. The summed E-state index contributed by atoms with van der Waals surface area (Å²) < 4.78 is 70.8. The van der Waals surface area contributed by atoms with Gasteiger partial charge in [-0.3, -0.25) is 4.79 Å². The fraction of sp³-hybridized carbons (Fsp3) is 0.250. The average Bonchev–Trinajstić information content (AvgIpc) is 3.36. The number of aromatic nitrogens is 2. The molecule has 0 saturated carbocycles. The topological polar surface area (TPSA) is 142 Å². The van der Waals surface area contributed by atoms with Gasteiger partial charge < -0.3 is 20.8 Å². The molecule has 234 valence electrons. The standard InChI is InChI=1S/C26H23F3N4O3S.C2HF3O2/c1-3-14(2)21(24(35)36)32-23(34)17-6-4-15(5-7-17)16-8-10-19(11-9-16)31-25-33-22-20(37-25)12-18(13-30-22)26(27,28)29;3-2(4,5)1(6)7/h4-14,21H,3H2,1-2H3,(H,32,34)(H,35,36)(H,30,31,33);(H,6,7)/t14?,21-;/m0./s1. The Kier molecular flexibility index (Phi) is 10.5. The molecule has 0 radical (unpaired) electrons. The minimum absolute atomic E-state index is 0.204. The highest BCUT2D eigenvalue weighted by atomic mass is 32.1. The van der Waals surface area contributed by atoms with E-state index in [1.165, 1.54) is 0 Å². The monoisotopic (exact) mass is 642 g/mol. The van der Waals surface area contributed by atoms with Crippen molar-refractivity contribution in [2.75, 3.05) is 5.32 Å². The highest BCUT2D eigenvalue weighted by Crippen LogP contribution is 2.34. The third-order valence-corrected chi connectivity index (χ3v) is 7.11. The van der Waals surface area contributed by atoms with E-state index in [9.17, 15) is 41.0 Å². The van der Waals surface area contributed by atoms with Crippen LogP contribution in [-0.2, 0) is 15.8 Å². The van der Waals surface area contributed by atoms with Crippen molar-refractivity contribution in [1.29, 1.82) is 0 Å². The summed E-state index contributed by atoms with van der Waals surface area (Å²) in [6, 6.07) is 14.2. The first-order valence-corrected chi connectivity index (χ1v) is 13.5. The largest absolute Gasteiger partial charge is 0.490 e. The third-order valence-electron chi connectivity index (χ3n) is 6.20. The number of alkyl halides is 6. The first-order chi connectivity index (χ1) is 20.5. The molecule has 2 atom stereocenters. The van der Waals surface area contributed by atoms with Crippen molar-refractivity contribution in [3.05, 3.63) is 71.9 Å². The molecule has 4 rings (SSSR count). The number of hydrogen-bond donors (Lipinski definition) is 4. The van der Waals surface area contributed by atoms with E-state index in [1.54, 1.807) is 43.3 Å². The zero-order valence-electron chi connectivity index (χ0n) is 22.8. The molecular weight excluding hydrogens is 618 g/mol. The molecule has 4 aromatic rings. The Labute approximate surface area is 249 Å². The normalized spacial score (nSPS) is 12.9. The van der Waals surface area contributed by atoms with Gasteiger partial charge in [0.05, 0.1) is 10.3 Å². The first kappa shape index (κ1) is 33.8. The number of rotatable bonds is 8. The molecule has 2 aromatic heterocycles. The van der Waals surface area contributed by atoms with E-state index < -0.39 is 41.8 Å². The Bertz CT molecular complexity index is 1620. The van der Waals surface area contributed by atoms with E-state index in [4.69, 9.17) is 9.90 Å². The number of carboxylic acids is 2. The van der Waals surface area contributed by atoms with Gasteiger partial charge in [-0.1, -0.05) is 55.9 Å². The van der Waals surface area contributed by atoms with E-state index in [-0.39, 0.29) is 11.6 Å². The molecule has 0 aliphatic heterocycles. The van der Waals surface area contributed by atoms with Crippen LogP contribution in [0, 0.1) is 5.92 Å². The van der Waals surface area contributed by atoms with E-state index in [2.05, 4.69) is 20.6 Å². The summed E-state index contributed by atoms with van der Waals surface area (Å²) in [6.45, 7) is 3.64. The van der Waals surface area contributed by atoms with Crippen LogP contribution < -0.4 is 10.6 Å². The molecule has 0 aliphatic rings. The maximum Gasteiger partial charge on any atom is 0.490 e. The van der Waals surface area contributed by atoms with Gasteiger partial charge in [-0.25, -0.2) is 14.6 Å². The van der Waals surface area contributed by atoms with Gasteiger partial charge in [0.15, 0.2) is 10.8 Å². The number of amides is 1. The number of nitrogens with one attached hydrogen (secondary N) is 2. The number of fused-ring (bicyclic) bond motifs is 1. The number of halogens is 6. The Morgan fingerprint density at radius 3 is 1.95 bits per heavy atom. The maximum atomic E-state index is 12.9. The van der Waals surface area contributed by atoms with Crippen molar-refractivity contribution in [2.45, 2.75) is 38.7 Å². The summed E-state index contributed by atoms with van der Waals surface area (Å²) in [6.07, 6.45) is -8.16. The molecule has 1 unspecified atom stereocenters. The van der Waals surface area contributed by atoms with Crippen molar-refractivity contribution < 1.29 is 50.9 Å². The number of aliphatic carboxylic acids is 2. The average molecular weight is 643 g/mol. The summed E-state index contributed by atoms with van der Waals surface area (Å²) in [5.74, 6) is -4.48. The Morgan fingerprint density at radius 1 is 0.932 bits per heavy atom. The van der Waals surface area contributed by atoms with Gasteiger partial charge in [0.1, 0.15) is 6.04 Å². The summed E-state index contributed by atoms with van der Waals surface area (Å²) in [7, 11) is 0. The van der Waals surface area contributed by atoms with Crippen LogP contribution in [0.2, 0.25) is 0 Å². The lowest BCUT2D eigenvalue weighted by molar-refractivity contribution is -0.192. The minimum Gasteiger partial charge on any atom is -0.480 e. The number of carbonyl (C=O) groups excluding carboxylic acids is 1. The summed E-state index contributed by atoms with van der Waals surface area (Å²) in [5.41, 5.74) is 2.19. The number of hydrogen-bond acceptors (Lipinski definition) is 7. The SMILES string of the molecule is CCC(C)[C@H](NC(=O)c1ccc(-c2ccc(Nc3nc4ncc(C(F)(F)F)cc4s3)cc2)cc1)C(=O)O.O=C(O)C(F)(F)F. The van der Waals surface area contributed by atoms with Crippen LogP contribution in [0.1, 0.15) is 36.2 Å². The molecule has 0 aliphatic carbocycles. The Morgan fingerprint density at radius 2 is 1.48 bits per heavy atom. The molecule has 2 heterocycles. The lowest BCUT2D eigenvalue weighted by atomic mass is 9.98. The predicted molar refractivity (Wildman–Crippen MR) is 150 cm³/mol. The highest BCUT2D eigenvalue weighted by Gasteiger charge is 2.38. The highest BCUT2D eigenvalue weighted by molar-refractivity contribution is 7.22. The molecule has 44 heavy (non-hydrogen) atoms. The van der Waals surface area contributed by atoms with Gasteiger partial charge in [-0.05, 0) is 47.4 Å². The van der Waals surface area contributed by atoms with Crippen LogP contribution in [0.25, 0.3) is 21.5 Å². The van der Waals surface area contributed by atoms with Crippen LogP contribution in [-0.4, -0.2) is 50.2 Å². The number of thiazole rings is 1. The fourth-order valence-electron chi connectivity index (χ4n) is 3.62. The molecule has 0 bridgehead atoms. The predicted octanol–water partition coefficient (Wildman–Crippen LogP) is 6.98. The van der Waals surface area contributed by atoms with E-state index in [1.807, 2.05) is 19.1 Å². The summed E-state index contributed by atoms with van der Waals surface area (Å²) in [4.78, 5) is 40.9. The molecule has 0 saturated heterocycles. The van der Waals surface area contributed by atoms with Crippen molar-refractivity contribution >= 4 is 50.3 Å². The second-order valence-electron chi connectivity index (χ2n) is 9.32. The molecule has 0 fully saturated rings. The fourth-order valence-corrected chi connectivity index (χ4v) is 4.50. The zero-order valence-corrected chi connectivity index (χ0v) is 23.6. The smallest absolute Gasteiger partial charge is 0.480 e. The van der Waals surface area contributed by atoms with Gasteiger partial charge in [0.2, 0.25) is 0 Å². The zero-order chi connectivity index (χ0) is 32.8. The number of nitrogens with zero attached hydrogens (tertiary/aromatic N) is 2. The van der Waals surface area contributed by atoms with Crippen LogP contribution in [0.5, 0.6) is 0 Å². The van der Waals surface area contributed by atoms with Crippen LogP contribution in [0.15, 0.2) is 60.8 Å². The second-order valence-corrected chi connectivity index (χ2v) is 10.4. The summed E-state index contributed by atoms with van der Waals surface area (Å²) >= 11 is 1.08. The van der Waals surface area contributed by atoms with Crippen LogP contribution in [0.3, 0.4) is 0 Å². The van der Waals surface area contributed by atoms with Gasteiger partial charge in [0, 0.05) is 17.4 Å².